The number of rotatable bonds is 3. The van der Waals surface area contributed by atoms with Crippen LogP contribution in [0.25, 0.3) is 0 Å². The Balaban J connectivity index is 3.19. The third kappa shape index (κ3) is 6.80. The summed E-state index contributed by atoms with van der Waals surface area (Å²) in [5, 5.41) is 10.7. The first-order valence-corrected chi connectivity index (χ1v) is 9.33. The molecule has 140 valence electrons. The van der Waals surface area contributed by atoms with E-state index in [1.165, 1.54) is 11.1 Å². The fraction of sp³-hybridized carbons (Fsp3) is 0.565. The van der Waals surface area contributed by atoms with Crippen molar-refractivity contribution in [3.05, 3.63) is 60.3 Å². The Bertz CT molecular complexity index is 538. The van der Waals surface area contributed by atoms with Gasteiger partial charge in [0.15, 0.2) is 0 Å². The van der Waals surface area contributed by atoms with Crippen molar-refractivity contribution in [2.24, 2.45) is 17.8 Å². The molecule has 0 aromatic rings. The van der Waals surface area contributed by atoms with E-state index in [0.717, 1.165) is 24.8 Å². The molecule has 5 unspecified atom stereocenters. The minimum atomic E-state index is -0.557. The Kier molecular flexibility index (Phi) is 9.16. The summed E-state index contributed by atoms with van der Waals surface area (Å²) in [5.74, 6) is 0.738. The van der Waals surface area contributed by atoms with E-state index in [2.05, 4.69) is 65.2 Å². The molecule has 0 bridgehead atoms. The molecule has 0 aromatic heterocycles. The smallest absolute Gasteiger partial charge is 0.102 e. The molecule has 0 heterocycles. The van der Waals surface area contributed by atoms with Crippen LogP contribution in [0.3, 0.4) is 0 Å². The van der Waals surface area contributed by atoms with Crippen molar-refractivity contribution in [3.8, 4) is 0 Å². The van der Waals surface area contributed by atoms with Gasteiger partial charge in [0.1, 0.15) is 6.10 Å². The van der Waals surface area contributed by atoms with Crippen LogP contribution < -0.4 is 0 Å². The minimum absolute atomic E-state index is 0.0150. The molecule has 0 amide bonds. The van der Waals surface area contributed by atoms with Crippen molar-refractivity contribution >= 4 is 0 Å². The Hall–Kier alpha value is -1.38. The molecule has 1 aliphatic carbocycles. The van der Waals surface area contributed by atoms with Gasteiger partial charge in [-0.05, 0) is 44.9 Å². The summed E-state index contributed by atoms with van der Waals surface area (Å²) >= 11 is 0. The lowest BCUT2D eigenvalue weighted by molar-refractivity contribution is -0.00195. The van der Waals surface area contributed by atoms with Crippen LogP contribution in [0.4, 0.5) is 0 Å². The second-order valence-corrected chi connectivity index (χ2v) is 7.47. The van der Waals surface area contributed by atoms with Crippen molar-refractivity contribution in [1.82, 2.24) is 0 Å². The summed E-state index contributed by atoms with van der Waals surface area (Å²) in [5.41, 5.74) is 3.61. The topological polar surface area (TPSA) is 29.5 Å². The van der Waals surface area contributed by atoms with E-state index in [9.17, 15) is 5.11 Å². The summed E-state index contributed by atoms with van der Waals surface area (Å²) in [4.78, 5) is 0. The van der Waals surface area contributed by atoms with Crippen LogP contribution in [0.2, 0.25) is 0 Å². The van der Waals surface area contributed by atoms with Crippen LogP contribution in [0.15, 0.2) is 60.3 Å². The standard InChI is InChI=1S/C23H36O2/c1-16(2)20(6)21-14-17(3)12-10-8-9-11-13-22(25-7)23(24)19(5)15-18(21)4/h10-13,15,19-24H,1,3,8-9,14H2,2,4-7H3/b12-10+,13-11+,18-15-. The molecule has 25 heavy (non-hydrogen) atoms. The molecule has 2 heteroatoms. The minimum Gasteiger partial charge on any atom is -0.389 e. The number of methoxy groups -OCH3 is 1. The Morgan fingerprint density at radius 2 is 1.96 bits per heavy atom. The number of allylic oxidation sites excluding steroid dienone is 6. The summed E-state index contributed by atoms with van der Waals surface area (Å²) < 4.78 is 5.49. The van der Waals surface area contributed by atoms with Crippen LogP contribution in [-0.2, 0) is 4.74 Å². The predicted octanol–water partition coefficient (Wildman–Crippen LogP) is 5.63. The molecule has 2 nitrogen and oxygen atoms in total. The average Bonchev–Trinajstić information content (AvgIpc) is 2.56. The Morgan fingerprint density at radius 3 is 2.56 bits per heavy atom. The van der Waals surface area contributed by atoms with Gasteiger partial charge >= 0.3 is 0 Å². The molecule has 0 saturated heterocycles. The van der Waals surface area contributed by atoms with Gasteiger partial charge in [-0.25, -0.2) is 0 Å². The van der Waals surface area contributed by atoms with Gasteiger partial charge in [0.25, 0.3) is 0 Å². The van der Waals surface area contributed by atoms with Crippen LogP contribution in [-0.4, -0.2) is 24.4 Å². The van der Waals surface area contributed by atoms with Crippen LogP contribution in [0, 0.1) is 17.8 Å². The van der Waals surface area contributed by atoms with E-state index in [1.54, 1.807) is 7.11 Å². The molecule has 5 atom stereocenters. The van der Waals surface area contributed by atoms with E-state index in [1.807, 2.05) is 6.08 Å². The molecule has 0 spiro atoms. The molecule has 0 fully saturated rings. The number of aliphatic hydroxyl groups excluding tert-OH is 1. The quantitative estimate of drug-likeness (QED) is 0.673. The highest BCUT2D eigenvalue weighted by Crippen LogP contribution is 2.33. The molecule has 0 radical (unpaired) electrons. The van der Waals surface area contributed by atoms with Gasteiger partial charge in [0, 0.05) is 13.0 Å². The molecule has 1 rings (SSSR count). The number of hydrogen-bond donors (Lipinski definition) is 1. The number of hydrogen-bond acceptors (Lipinski definition) is 2. The van der Waals surface area contributed by atoms with Gasteiger partial charge in [-0.2, -0.15) is 0 Å². The molecular formula is C23H36O2. The van der Waals surface area contributed by atoms with Gasteiger partial charge in [0.2, 0.25) is 0 Å². The summed E-state index contributed by atoms with van der Waals surface area (Å²) in [6, 6.07) is 0. The fourth-order valence-corrected chi connectivity index (χ4v) is 3.37. The maximum atomic E-state index is 10.7. The van der Waals surface area contributed by atoms with Crippen molar-refractivity contribution in [1.29, 1.82) is 0 Å². The first kappa shape index (κ1) is 21.7. The van der Waals surface area contributed by atoms with E-state index in [4.69, 9.17) is 4.74 Å². The van der Waals surface area contributed by atoms with Gasteiger partial charge in [-0.1, -0.05) is 74.1 Å². The lowest BCUT2D eigenvalue weighted by atomic mass is 9.78. The number of ether oxygens (including phenoxy) is 1. The monoisotopic (exact) mass is 344 g/mol. The molecule has 1 aliphatic rings. The zero-order valence-electron chi connectivity index (χ0n) is 16.7. The second kappa shape index (κ2) is 10.6. The van der Waals surface area contributed by atoms with Crippen LogP contribution in [0.5, 0.6) is 0 Å². The summed E-state index contributed by atoms with van der Waals surface area (Å²) in [6.45, 7) is 16.9. The maximum Gasteiger partial charge on any atom is 0.102 e. The van der Waals surface area contributed by atoms with Crippen LogP contribution in [0.1, 0.15) is 47.0 Å². The third-order valence-corrected chi connectivity index (χ3v) is 5.30. The molecule has 0 aliphatic heterocycles. The molecular weight excluding hydrogens is 308 g/mol. The molecule has 1 N–H and O–H groups in total. The first-order chi connectivity index (χ1) is 11.8. The lowest BCUT2D eigenvalue weighted by Crippen LogP contribution is -2.32. The Labute approximate surface area is 154 Å². The predicted molar refractivity (Wildman–Crippen MR) is 108 cm³/mol. The lowest BCUT2D eigenvalue weighted by Gasteiger charge is -2.28. The second-order valence-electron chi connectivity index (χ2n) is 7.47. The highest BCUT2D eigenvalue weighted by Gasteiger charge is 2.25. The van der Waals surface area contributed by atoms with E-state index < -0.39 is 6.10 Å². The largest absolute Gasteiger partial charge is 0.389 e. The van der Waals surface area contributed by atoms with Gasteiger partial charge in [-0.15, -0.1) is 0 Å². The highest BCUT2D eigenvalue weighted by molar-refractivity contribution is 5.22. The van der Waals surface area contributed by atoms with E-state index in [-0.39, 0.29) is 12.0 Å². The summed E-state index contributed by atoms with van der Waals surface area (Å²) in [7, 11) is 1.65. The van der Waals surface area contributed by atoms with Gasteiger partial charge in [-0.3, -0.25) is 0 Å². The number of aliphatic hydroxyl groups is 1. The molecule has 0 aromatic carbocycles. The zero-order valence-corrected chi connectivity index (χ0v) is 16.7. The van der Waals surface area contributed by atoms with Gasteiger partial charge < -0.3 is 9.84 Å². The molecule has 0 saturated carbocycles. The average molecular weight is 345 g/mol. The van der Waals surface area contributed by atoms with E-state index >= 15 is 0 Å². The van der Waals surface area contributed by atoms with Gasteiger partial charge in [0.05, 0.1) is 6.10 Å². The third-order valence-electron chi connectivity index (χ3n) is 5.30. The zero-order chi connectivity index (χ0) is 19.0. The van der Waals surface area contributed by atoms with Crippen molar-refractivity contribution in [2.75, 3.05) is 7.11 Å². The highest BCUT2D eigenvalue weighted by atomic mass is 16.5. The van der Waals surface area contributed by atoms with Crippen molar-refractivity contribution in [2.45, 2.75) is 59.2 Å². The fourth-order valence-electron chi connectivity index (χ4n) is 3.37. The normalized spacial score (nSPS) is 35.1. The first-order valence-electron chi connectivity index (χ1n) is 9.33. The van der Waals surface area contributed by atoms with Crippen molar-refractivity contribution in [3.63, 3.8) is 0 Å². The maximum absolute atomic E-state index is 10.7. The SMILES string of the molecule is C=C1/C=C/CC/C=C/C(OC)C(O)C(C)/C=C(/C)C(C(C)C(=C)C)C1. The summed E-state index contributed by atoms with van der Waals surface area (Å²) in [6.07, 6.45) is 12.6. The van der Waals surface area contributed by atoms with Crippen LogP contribution >= 0.6 is 0 Å². The Morgan fingerprint density at radius 1 is 1.32 bits per heavy atom. The van der Waals surface area contributed by atoms with E-state index in [0.29, 0.717) is 11.8 Å². The van der Waals surface area contributed by atoms with Crippen molar-refractivity contribution < 1.29 is 9.84 Å².